The summed E-state index contributed by atoms with van der Waals surface area (Å²) in [5, 5.41) is 0.0765. The highest BCUT2D eigenvalue weighted by atomic mass is 35.5. The summed E-state index contributed by atoms with van der Waals surface area (Å²) in [7, 11) is -3.85. The van der Waals surface area contributed by atoms with Crippen molar-refractivity contribution in [3.05, 3.63) is 41.7 Å². The van der Waals surface area contributed by atoms with Crippen LogP contribution in [-0.2, 0) is 10.0 Å². The maximum atomic E-state index is 12.0. The minimum absolute atomic E-state index is 0.0315. The van der Waals surface area contributed by atoms with E-state index in [9.17, 15) is 8.42 Å². The molecule has 8 heteroatoms. The summed E-state index contributed by atoms with van der Waals surface area (Å²) in [6.07, 6.45) is 2.84. The van der Waals surface area contributed by atoms with E-state index >= 15 is 0 Å². The van der Waals surface area contributed by atoms with E-state index in [-0.39, 0.29) is 15.9 Å². The molecular weight excluding hydrogens is 276 g/mol. The average molecular weight is 285 g/mol. The summed E-state index contributed by atoms with van der Waals surface area (Å²) in [6.45, 7) is 0. The van der Waals surface area contributed by atoms with Crippen molar-refractivity contribution < 1.29 is 8.42 Å². The van der Waals surface area contributed by atoms with Crippen molar-refractivity contribution in [2.24, 2.45) is 0 Å². The molecule has 94 valence electrons. The first-order chi connectivity index (χ1) is 8.49. The Labute approximate surface area is 109 Å². The second-order valence-electron chi connectivity index (χ2n) is 3.37. The van der Waals surface area contributed by atoms with Gasteiger partial charge in [0.2, 0.25) is 5.95 Å². The molecule has 2 rings (SSSR count). The normalized spacial score (nSPS) is 11.2. The van der Waals surface area contributed by atoms with E-state index in [1.807, 2.05) is 0 Å². The maximum Gasteiger partial charge on any atom is 0.265 e. The molecule has 0 radical (unpaired) electrons. The molecule has 0 aliphatic rings. The summed E-state index contributed by atoms with van der Waals surface area (Å²) in [4.78, 5) is 7.42. The van der Waals surface area contributed by atoms with Gasteiger partial charge in [-0.2, -0.15) is 0 Å². The van der Waals surface area contributed by atoms with Gasteiger partial charge >= 0.3 is 0 Å². The molecule has 0 saturated heterocycles. The molecule has 0 spiro atoms. The van der Waals surface area contributed by atoms with Crippen molar-refractivity contribution in [2.45, 2.75) is 4.90 Å². The molecule has 6 nitrogen and oxygen atoms in total. The SMILES string of the molecule is Nc1ccc(Cl)c(S(=O)(=O)Nc2ncccn2)c1. The molecule has 1 aromatic carbocycles. The molecule has 1 aromatic heterocycles. The lowest BCUT2D eigenvalue weighted by molar-refractivity contribution is 0.601. The molecule has 0 aliphatic carbocycles. The minimum Gasteiger partial charge on any atom is -0.399 e. The predicted molar refractivity (Wildman–Crippen MR) is 68.7 cm³/mol. The number of halogens is 1. The molecule has 2 aromatic rings. The Morgan fingerprint density at radius 3 is 2.56 bits per heavy atom. The first-order valence-electron chi connectivity index (χ1n) is 4.84. The molecular formula is C10H9ClN4O2S. The number of hydrogen-bond acceptors (Lipinski definition) is 5. The zero-order valence-electron chi connectivity index (χ0n) is 9.04. The highest BCUT2D eigenvalue weighted by Crippen LogP contribution is 2.24. The maximum absolute atomic E-state index is 12.0. The summed E-state index contributed by atoms with van der Waals surface area (Å²) >= 11 is 5.83. The molecule has 0 fully saturated rings. The van der Waals surface area contributed by atoms with Crippen molar-refractivity contribution in [3.63, 3.8) is 0 Å². The molecule has 0 bridgehead atoms. The van der Waals surface area contributed by atoms with Crippen molar-refractivity contribution in [1.29, 1.82) is 0 Å². The number of nitrogens with two attached hydrogens (primary N) is 1. The molecule has 0 unspecified atom stereocenters. The number of aromatic nitrogens is 2. The Balaban J connectivity index is 2.40. The Morgan fingerprint density at radius 1 is 1.22 bits per heavy atom. The van der Waals surface area contributed by atoms with Crippen molar-refractivity contribution in [1.82, 2.24) is 9.97 Å². The summed E-state index contributed by atoms with van der Waals surface area (Å²) in [5.41, 5.74) is 5.84. The lowest BCUT2D eigenvalue weighted by Gasteiger charge is -2.08. The standard InChI is InChI=1S/C10H9ClN4O2S/c11-8-3-2-7(12)6-9(8)18(16,17)15-10-13-4-1-5-14-10/h1-6H,12H2,(H,13,14,15). The zero-order chi connectivity index (χ0) is 13.2. The van der Waals surface area contributed by atoms with E-state index < -0.39 is 10.0 Å². The molecule has 18 heavy (non-hydrogen) atoms. The molecule has 1 heterocycles. The Hall–Kier alpha value is -1.86. The number of rotatable bonds is 3. The van der Waals surface area contributed by atoms with Gasteiger partial charge in [0.15, 0.2) is 0 Å². The van der Waals surface area contributed by atoms with Crippen LogP contribution in [0, 0.1) is 0 Å². The first-order valence-corrected chi connectivity index (χ1v) is 6.70. The number of nitrogens with zero attached hydrogens (tertiary/aromatic N) is 2. The number of anilines is 2. The summed E-state index contributed by atoms with van der Waals surface area (Å²) < 4.78 is 26.3. The summed E-state index contributed by atoms with van der Waals surface area (Å²) in [5.74, 6) is -0.0315. The van der Waals surface area contributed by atoms with Crippen molar-refractivity contribution in [3.8, 4) is 0 Å². The molecule has 3 N–H and O–H groups in total. The minimum atomic E-state index is -3.85. The highest BCUT2D eigenvalue weighted by molar-refractivity contribution is 7.92. The van der Waals surface area contributed by atoms with Gasteiger partial charge in [0.05, 0.1) is 5.02 Å². The van der Waals surface area contributed by atoms with E-state index in [4.69, 9.17) is 17.3 Å². The zero-order valence-corrected chi connectivity index (χ0v) is 10.6. The van der Waals surface area contributed by atoms with E-state index in [2.05, 4.69) is 14.7 Å². The van der Waals surface area contributed by atoms with Gasteiger partial charge in [-0.1, -0.05) is 11.6 Å². The number of nitrogen functional groups attached to an aromatic ring is 1. The molecule has 0 amide bonds. The quantitative estimate of drug-likeness (QED) is 0.833. The largest absolute Gasteiger partial charge is 0.399 e. The van der Waals surface area contributed by atoms with E-state index in [1.165, 1.54) is 30.6 Å². The highest BCUT2D eigenvalue weighted by Gasteiger charge is 2.19. The topological polar surface area (TPSA) is 98.0 Å². The fourth-order valence-electron chi connectivity index (χ4n) is 1.25. The van der Waals surface area contributed by atoms with Crippen LogP contribution in [0.15, 0.2) is 41.6 Å². The fourth-order valence-corrected chi connectivity index (χ4v) is 2.75. The lowest BCUT2D eigenvalue weighted by atomic mass is 10.3. The van der Waals surface area contributed by atoms with Crippen LogP contribution >= 0.6 is 11.6 Å². The monoisotopic (exact) mass is 284 g/mol. The van der Waals surface area contributed by atoms with Crippen LogP contribution in [0.5, 0.6) is 0 Å². The van der Waals surface area contributed by atoms with Crippen LogP contribution in [0.4, 0.5) is 11.6 Å². The molecule has 0 aliphatic heterocycles. The molecule has 0 atom stereocenters. The van der Waals surface area contributed by atoms with Crippen LogP contribution in [-0.4, -0.2) is 18.4 Å². The average Bonchev–Trinajstić information content (AvgIpc) is 2.33. The van der Waals surface area contributed by atoms with Crippen LogP contribution in [0.1, 0.15) is 0 Å². The van der Waals surface area contributed by atoms with Gasteiger partial charge in [-0.15, -0.1) is 0 Å². The predicted octanol–water partition coefficient (Wildman–Crippen LogP) is 1.51. The third kappa shape index (κ3) is 2.69. The van der Waals surface area contributed by atoms with Gasteiger partial charge in [-0.3, -0.25) is 0 Å². The Kier molecular flexibility index (Phi) is 3.35. The molecule has 0 saturated carbocycles. The summed E-state index contributed by atoms with van der Waals surface area (Å²) in [6, 6.07) is 5.77. The van der Waals surface area contributed by atoms with Gasteiger partial charge < -0.3 is 5.73 Å². The van der Waals surface area contributed by atoms with E-state index in [0.29, 0.717) is 5.69 Å². The second kappa shape index (κ2) is 4.79. The van der Waals surface area contributed by atoms with Crippen LogP contribution in [0.3, 0.4) is 0 Å². The third-order valence-corrected chi connectivity index (χ3v) is 3.85. The van der Waals surface area contributed by atoms with Gasteiger partial charge in [-0.25, -0.2) is 23.1 Å². The number of benzene rings is 1. The Bertz CT molecular complexity index is 661. The fraction of sp³-hybridized carbons (Fsp3) is 0. The van der Waals surface area contributed by atoms with E-state index in [0.717, 1.165) is 0 Å². The second-order valence-corrected chi connectivity index (χ2v) is 5.43. The van der Waals surface area contributed by atoms with Gasteiger partial charge in [0, 0.05) is 18.1 Å². The van der Waals surface area contributed by atoms with Crippen molar-refractivity contribution >= 4 is 33.3 Å². The van der Waals surface area contributed by atoms with Crippen molar-refractivity contribution in [2.75, 3.05) is 10.5 Å². The van der Waals surface area contributed by atoms with Crippen LogP contribution in [0.25, 0.3) is 0 Å². The van der Waals surface area contributed by atoms with Crippen LogP contribution in [0.2, 0.25) is 5.02 Å². The number of hydrogen-bond donors (Lipinski definition) is 2. The lowest BCUT2D eigenvalue weighted by Crippen LogP contribution is -2.15. The smallest absolute Gasteiger partial charge is 0.265 e. The van der Waals surface area contributed by atoms with Crippen LogP contribution < -0.4 is 10.5 Å². The third-order valence-electron chi connectivity index (χ3n) is 2.04. The first kappa shape index (κ1) is 12.6. The van der Waals surface area contributed by atoms with Gasteiger partial charge in [-0.05, 0) is 24.3 Å². The van der Waals surface area contributed by atoms with Gasteiger partial charge in [0.1, 0.15) is 4.90 Å². The van der Waals surface area contributed by atoms with E-state index in [1.54, 1.807) is 6.07 Å². The van der Waals surface area contributed by atoms with Gasteiger partial charge in [0.25, 0.3) is 10.0 Å². The number of sulfonamides is 1. The Morgan fingerprint density at radius 2 is 1.89 bits per heavy atom. The number of nitrogens with one attached hydrogen (secondary N) is 1.